The van der Waals surface area contributed by atoms with E-state index in [9.17, 15) is 18.0 Å². The lowest BCUT2D eigenvalue weighted by atomic mass is 9.88. The summed E-state index contributed by atoms with van der Waals surface area (Å²) in [5, 5.41) is 2.64. The van der Waals surface area contributed by atoms with E-state index in [1.54, 1.807) is 0 Å². The summed E-state index contributed by atoms with van der Waals surface area (Å²) >= 11 is 0. The maximum absolute atomic E-state index is 12.6. The third-order valence-electron chi connectivity index (χ3n) is 4.53. The van der Waals surface area contributed by atoms with Crippen molar-refractivity contribution in [2.45, 2.75) is 31.9 Å². The number of hydrogen-bond acceptors (Lipinski definition) is 1. The monoisotopic (exact) mass is 283 g/mol. The van der Waals surface area contributed by atoms with Crippen LogP contribution in [0.2, 0.25) is 0 Å². The Bertz CT molecular complexity index is 526. The Hall–Kier alpha value is -1.52. The molecule has 0 unspecified atom stereocenters. The first-order valence-electron chi connectivity index (χ1n) is 6.91. The van der Waals surface area contributed by atoms with Gasteiger partial charge in [0.1, 0.15) is 0 Å². The van der Waals surface area contributed by atoms with Crippen LogP contribution < -0.4 is 5.32 Å². The van der Waals surface area contributed by atoms with Gasteiger partial charge >= 0.3 is 6.18 Å². The molecule has 0 radical (unpaired) electrons. The van der Waals surface area contributed by atoms with E-state index in [4.69, 9.17) is 0 Å². The second kappa shape index (κ2) is 4.79. The minimum absolute atomic E-state index is 0.0247. The van der Waals surface area contributed by atoms with E-state index in [2.05, 4.69) is 5.32 Å². The zero-order valence-corrected chi connectivity index (χ0v) is 10.9. The Morgan fingerprint density at radius 1 is 1.20 bits per heavy atom. The molecule has 0 heterocycles. The number of carbonyl (C=O) groups excluding carboxylic acids is 1. The Morgan fingerprint density at radius 3 is 2.60 bits per heavy atom. The summed E-state index contributed by atoms with van der Waals surface area (Å²) in [6, 6.07) is 4.82. The van der Waals surface area contributed by atoms with E-state index in [1.807, 2.05) is 0 Å². The summed E-state index contributed by atoms with van der Waals surface area (Å²) in [7, 11) is 0. The van der Waals surface area contributed by atoms with Gasteiger partial charge < -0.3 is 5.32 Å². The average molecular weight is 283 g/mol. The maximum atomic E-state index is 12.6. The Labute approximate surface area is 115 Å². The van der Waals surface area contributed by atoms with E-state index in [1.165, 1.54) is 18.6 Å². The molecule has 3 rings (SSSR count). The normalized spacial score (nSPS) is 28.6. The van der Waals surface area contributed by atoms with Gasteiger partial charge in [0.15, 0.2) is 0 Å². The predicted octanol–water partition coefficient (Wildman–Crippen LogP) is 4.08. The second-order valence-electron chi connectivity index (χ2n) is 5.85. The lowest BCUT2D eigenvalue weighted by Gasteiger charge is -2.21. The zero-order chi connectivity index (χ0) is 14.3. The molecule has 0 spiro atoms. The molecule has 0 saturated heterocycles. The van der Waals surface area contributed by atoms with Gasteiger partial charge in [-0.3, -0.25) is 4.79 Å². The van der Waals surface area contributed by atoms with Gasteiger partial charge in [0.2, 0.25) is 5.91 Å². The molecule has 2 aliphatic rings. The van der Waals surface area contributed by atoms with E-state index in [-0.39, 0.29) is 17.5 Å². The van der Waals surface area contributed by atoms with E-state index < -0.39 is 11.7 Å². The molecule has 20 heavy (non-hydrogen) atoms. The van der Waals surface area contributed by atoms with Crippen LogP contribution in [-0.2, 0) is 11.0 Å². The SMILES string of the molecule is O=C(Nc1cccc(C(F)(F)F)c1)[C@@H]1C[C@H]2CC[C@@H]1C2. The molecular weight excluding hydrogens is 267 g/mol. The number of alkyl halides is 3. The summed E-state index contributed by atoms with van der Waals surface area (Å²) in [5.41, 5.74) is -0.504. The minimum atomic E-state index is -4.38. The number of fused-ring (bicyclic) bond motifs is 2. The zero-order valence-electron chi connectivity index (χ0n) is 10.9. The van der Waals surface area contributed by atoms with Gasteiger partial charge in [0.25, 0.3) is 0 Å². The molecule has 2 aliphatic carbocycles. The lowest BCUT2D eigenvalue weighted by molar-refractivity contribution is -0.137. The molecule has 2 nitrogen and oxygen atoms in total. The van der Waals surface area contributed by atoms with E-state index >= 15 is 0 Å². The summed E-state index contributed by atoms with van der Waals surface area (Å²) in [4.78, 5) is 12.2. The first-order valence-corrected chi connectivity index (χ1v) is 6.91. The first-order chi connectivity index (χ1) is 9.43. The van der Waals surface area contributed by atoms with Crippen molar-refractivity contribution in [2.75, 3.05) is 5.32 Å². The first kappa shape index (κ1) is 13.5. The van der Waals surface area contributed by atoms with Gasteiger partial charge in [-0.2, -0.15) is 13.2 Å². The summed E-state index contributed by atoms with van der Waals surface area (Å²) in [5.74, 6) is 0.905. The van der Waals surface area contributed by atoms with Crippen LogP contribution in [0.1, 0.15) is 31.2 Å². The fourth-order valence-corrected chi connectivity index (χ4v) is 3.57. The molecule has 1 aromatic rings. The van der Waals surface area contributed by atoms with Crippen molar-refractivity contribution in [3.63, 3.8) is 0 Å². The third kappa shape index (κ3) is 2.53. The second-order valence-corrected chi connectivity index (χ2v) is 5.85. The standard InChI is InChI=1S/C15H16F3NO/c16-15(17,18)11-2-1-3-12(8-11)19-14(20)13-7-9-4-5-10(13)6-9/h1-3,8-10,13H,4-7H2,(H,19,20)/t9-,10+,13+/m0/s1. The fraction of sp³-hybridized carbons (Fsp3) is 0.533. The number of anilines is 1. The van der Waals surface area contributed by atoms with Gasteiger partial charge in [-0.15, -0.1) is 0 Å². The average Bonchev–Trinajstić information content (AvgIpc) is 3.00. The number of rotatable bonds is 2. The van der Waals surface area contributed by atoms with E-state index in [0.29, 0.717) is 11.8 Å². The molecule has 1 aromatic carbocycles. The Morgan fingerprint density at radius 2 is 2.00 bits per heavy atom. The number of halogens is 3. The lowest BCUT2D eigenvalue weighted by Crippen LogP contribution is -2.27. The largest absolute Gasteiger partial charge is 0.416 e. The van der Waals surface area contributed by atoms with Crippen LogP contribution in [0.4, 0.5) is 18.9 Å². The molecule has 2 fully saturated rings. The topological polar surface area (TPSA) is 29.1 Å². The molecule has 2 bridgehead atoms. The van der Waals surface area contributed by atoms with Gasteiger partial charge in [0.05, 0.1) is 5.56 Å². The van der Waals surface area contributed by atoms with Crippen molar-refractivity contribution in [1.82, 2.24) is 0 Å². The quantitative estimate of drug-likeness (QED) is 0.870. The summed E-state index contributed by atoms with van der Waals surface area (Å²) in [6.07, 6.45) is -0.132. The van der Waals surface area contributed by atoms with Crippen molar-refractivity contribution < 1.29 is 18.0 Å². The van der Waals surface area contributed by atoms with Crippen LogP contribution in [0, 0.1) is 17.8 Å². The highest BCUT2D eigenvalue weighted by atomic mass is 19.4. The third-order valence-corrected chi connectivity index (χ3v) is 4.53. The summed E-state index contributed by atoms with van der Waals surface area (Å²) < 4.78 is 37.8. The molecule has 5 heteroatoms. The van der Waals surface area contributed by atoms with Crippen molar-refractivity contribution in [3.05, 3.63) is 29.8 Å². The molecule has 108 valence electrons. The molecular formula is C15H16F3NO. The fourth-order valence-electron chi connectivity index (χ4n) is 3.57. The number of hydrogen-bond donors (Lipinski definition) is 1. The van der Waals surface area contributed by atoms with Crippen LogP contribution in [0.5, 0.6) is 0 Å². The van der Waals surface area contributed by atoms with Crippen LogP contribution in [0.15, 0.2) is 24.3 Å². The van der Waals surface area contributed by atoms with Crippen molar-refractivity contribution in [2.24, 2.45) is 17.8 Å². The number of benzene rings is 1. The molecule has 0 aliphatic heterocycles. The van der Waals surface area contributed by atoms with Gasteiger partial charge in [0, 0.05) is 11.6 Å². The molecule has 1 N–H and O–H groups in total. The minimum Gasteiger partial charge on any atom is -0.326 e. The maximum Gasteiger partial charge on any atom is 0.416 e. The molecule has 1 amide bonds. The molecule has 0 aromatic heterocycles. The Kier molecular flexibility index (Phi) is 3.22. The van der Waals surface area contributed by atoms with Crippen molar-refractivity contribution in [3.8, 4) is 0 Å². The van der Waals surface area contributed by atoms with Gasteiger partial charge in [-0.25, -0.2) is 0 Å². The highest BCUT2D eigenvalue weighted by Crippen LogP contribution is 2.48. The van der Waals surface area contributed by atoms with Crippen LogP contribution >= 0.6 is 0 Å². The number of carbonyl (C=O) groups is 1. The van der Waals surface area contributed by atoms with Crippen LogP contribution in [0.3, 0.4) is 0 Å². The molecule has 2 saturated carbocycles. The van der Waals surface area contributed by atoms with Gasteiger partial charge in [-0.05, 0) is 49.3 Å². The number of nitrogens with one attached hydrogen (secondary N) is 1. The van der Waals surface area contributed by atoms with Crippen LogP contribution in [-0.4, -0.2) is 5.91 Å². The Balaban J connectivity index is 1.70. The van der Waals surface area contributed by atoms with Gasteiger partial charge in [-0.1, -0.05) is 12.5 Å². The van der Waals surface area contributed by atoms with Crippen molar-refractivity contribution >= 4 is 11.6 Å². The summed E-state index contributed by atoms with van der Waals surface area (Å²) in [6.45, 7) is 0. The van der Waals surface area contributed by atoms with Crippen molar-refractivity contribution in [1.29, 1.82) is 0 Å². The van der Waals surface area contributed by atoms with Crippen LogP contribution in [0.25, 0.3) is 0 Å². The highest BCUT2D eigenvalue weighted by molar-refractivity contribution is 5.93. The number of amides is 1. The highest BCUT2D eigenvalue weighted by Gasteiger charge is 2.43. The molecule has 3 atom stereocenters. The smallest absolute Gasteiger partial charge is 0.326 e. The van der Waals surface area contributed by atoms with E-state index in [0.717, 1.165) is 31.4 Å². The predicted molar refractivity (Wildman–Crippen MR) is 69.0 cm³/mol.